The molecule has 0 amide bonds. The molecule has 2 nitrogen and oxygen atoms in total. The van der Waals surface area contributed by atoms with Gasteiger partial charge in [-0.15, -0.1) is 0 Å². The molecule has 0 atom stereocenters. The summed E-state index contributed by atoms with van der Waals surface area (Å²) in [5, 5.41) is 0. The quantitative estimate of drug-likeness (QED) is 0.611. The third-order valence-electron chi connectivity index (χ3n) is 1.46. The summed E-state index contributed by atoms with van der Waals surface area (Å²) in [6, 6.07) is 7.99. The number of rotatable bonds is 2. The van der Waals surface area contributed by atoms with Gasteiger partial charge in [0, 0.05) is 4.47 Å². The number of nitrogens with zero attached hydrogens (tertiary/aromatic N) is 1. The van der Waals surface area contributed by atoms with E-state index >= 15 is 0 Å². The number of hydrogen-bond acceptors (Lipinski definition) is 1. The van der Waals surface area contributed by atoms with Gasteiger partial charge in [0.05, 0.1) is 12.4 Å². The molecule has 1 aromatic rings. The van der Waals surface area contributed by atoms with Gasteiger partial charge in [0.1, 0.15) is 0 Å². The minimum atomic E-state index is 0.616. The number of hydrogen-bond donors (Lipinski definition) is 1. The van der Waals surface area contributed by atoms with E-state index in [-0.39, 0.29) is 0 Å². The zero-order chi connectivity index (χ0) is 8.97. The summed E-state index contributed by atoms with van der Waals surface area (Å²) in [6.07, 6.45) is 0. The van der Waals surface area contributed by atoms with Gasteiger partial charge in [-0.2, -0.15) is 0 Å². The van der Waals surface area contributed by atoms with Crippen LogP contribution in [0.15, 0.2) is 33.7 Å². The fraction of sp³-hybridized carbons (Fsp3) is 0.222. The van der Waals surface area contributed by atoms with Crippen LogP contribution in [0.25, 0.3) is 0 Å². The first-order chi connectivity index (χ1) is 5.70. The first kappa shape index (κ1) is 9.26. The third-order valence-corrected chi connectivity index (χ3v) is 2.23. The highest BCUT2D eigenvalue weighted by Crippen LogP contribution is 2.16. The van der Waals surface area contributed by atoms with E-state index in [0.29, 0.717) is 12.4 Å². The molecule has 0 saturated carbocycles. The summed E-state index contributed by atoms with van der Waals surface area (Å²) in [4.78, 5) is 4.12. The molecule has 0 bridgehead atoms. The van der Waals surface area contributed by atoms with Crippen LogP contribution in [0.2, 0.25) is 0 Å². The Morgan fingerprint density at radius 2 is 2.17 bits per heavy atom. The van der Waals surface area contributed by atoms with E-state index in [1.165, 1.54) is 0 Å². The lowest BCUT2D eigenvalue weighted by molar-refractivity contribution is 1.05. The van der Waals surface area contributed by atoms with E-state index in [9.17, 15) is 0 Å². The Hall–Kier alpha value is -0.830. The highest BCUT2D eigenvalue weighted by atomic mass is 79.9. The van der Waals surface area contributed by atoms with Crippen molar-refractivity contribution in [2.24, 2.45) is 10.7 Å². The van der Waals surface area contributed by atoms with Crippen molar-refractivity contribution in [2.75, 3.05) is 0 Å². The number of aliphatic imine (C=N–C) groups is 1. The summed E-state index contributed by atoms with van der Waals surface area (Å²) < 4.78 is 1.08. The molecule has 3 heteroatoms. The summed E-state index contributed by atoms with van der Waals surface area (Å²) in [5.74, 6) is 0.616. The van der Waals surface area contributed by atoms with Gasteiger partial charge in [-0.05, 0) is 18.6 Å². The standard InChI is InChI=1S/C9H11BrN2/c1-7(11)12-6-8-4-2-3-5-9(8)10/h2-5H,6H2,1H3,(H2,11,12). The van der Waals surface area contributed by atoms with Crippen LogP contribution in [0.5, 0.6) is 0 Å². The molecule has 0 heterocycles. The monoisotopic (exact) mass is 226 g/mol. The lowest BCUT2D eigenvalue weighted by Crippen LogP contribution is -2.05. The topological polar surface area (TPSA) is 38.4 Å². The molecular formula is C9H11BrN2. The molecule has 1 aromatic carbocycles. The summed E-state index contributed by atoms with van der Waals surface area (Å²) in [7, 11) is 0. The number of halogens is 1. The van der Waals surface area contributed by atoms with Crippen molar-refractivity contribution >= 4 is 21.8 Å². The van der Waals surface area contributed by atoms with Crippen LogP contribution >= 0.6 is 15.9 Å². The van der Waals surface area contributed by atoms with Crippen molar-refractivity contribution in [1.82, 2.24) is 0 Å². The Morgan fingerprint density at radius 3 is 2.75 bits per heavy atom. The fourth-order valence-corrected chi connectivity index (χ4v) is 1.25. The Bertz CT molecular complexity index is 290. The maximum atomic E-state index is 5.43. The van der Waals surface area contributed by atoms with Crippen LogP contribution in [0.4, 0.5) is 0 Å². The first-order valence-electron chi connectivity index (χ1n) is 3.70. The van der Waals surface area contributed by atoms with Crippen LogP contribution < -0.4 is 5.73 Å². The van der Waals surface area contributed by atoms with Gasteiger partial charge >= 0.3 is 0 Å². The van der Waals surface area contributed by atoms with Crippen molar-refractivity contribution in [3.05, 3.63) is 34.3 Å². The molecule has 0 aliphatic rings. The van der Waals surface area contributed by atoms with Gasteiger partial charge in [0.15, 0.2) is 0 Å². The fourth-order valence-electron chi connectivity index (χ4n) is 0.836. The van der Waals surface area contributed by atoms with Crippen molar-refractivity contribution in [2.45, 2.75) is 13.5 Å². The molecule has 0 aliphatic heterocycles. The number of amidine groups is 1. The Labute approximate surface area is 80.6 Å². The first-order valence-corrected chi connectivity index (χ1v) is 4.49. The van der Waals surface area contributed by atoms with E-state index in [1.807, 2.05) is 24.3 Å². The van der Waals surface area contributed by atoms with E-state index in [0.717, 1.165) is 10.0 Å². The largest absolute Gasteiger partial charge is 0.388 e. The molecule has 2 N–H and O–H groups in total. The number of nitrogens with two attached hydrogens (primary N) is 1. The summed E-state index contributed by atoms with van der Waals surface area (Å²) in [6.45, 7) is 2.43. The minimum absolute atomic E-state index is 0.616. The molecule has 0 fully saturated rings. The smallest absolute Gasteiger partial charge is 0.0909 e. The van der Waals surface area contributed by atoms with Crippen molar-refractivity contribution < 1.29 is 0 Å². The zero-order valence-electron chi connectivity index (χ0n) is 6.92. The van der Waals surface area contributed by atoms with E-state index < -0.39 is 0 Å². The Kier molecular flexibility index (Phi) is 3.29. The van der Waals surface area contributed by atoms with Gasteiger partial charge in [-0.1, -0.05) is 34.1 Å². The zero-order valence-corrected chi connectivity index (χ0v) is 8.51. The highest BCUT2D eigenvalue weighted by Gasteiger charge is 1.95. The van der Waals surface area contributed by atoms with Crippen molar-refractivity contribution in [1.29, 1.82) is 0 Å². The summed E-state index contributed by atoms with van der Waals surface area (Å²) in [5.41, 5.74) is 6.58. The molecule has 0 spiro atoms. The van der Waals surface area contributed by atoms with E-state index in [2.05, 4.69) is 20.9 Å². The minimum Gasteiger partial charge on any atom is -0.388 e. The van der Waals surface area contributed by atoms with Gasteiger partial charge in [-0.3, -0.25) is 4.99 Å². The van der Waals surface area contributed by atoms with Crippen molar-refractivity contribution in [3.8, 4) is 0 Å². The Balaban J connectivity index is 2.76. The molecule has 0 unspecified atom stereocenters. The van der Waals surface area contributed by atoms with Crippen LogP contribution in [0, 0.1) is 0 Å². The predicted octanol–water partition coefficient (Wildman–Crippen LogP) is 2.33. The van der Waals surface area contributed by atoms with Crippen molar-refractivity contribution in [3.63, 3.8) is 0 Å². The third kappa shape index (κ3) is 2.66. The summed E-state index contributed by atoms with van der Waals surface area (Å²) >= 11 is 3.44. The van der Waals surface area contributed by atoms with Crippen LogP contribution in [-0.2, 0) is 6.54 Å². The lowest BCUT2D eigenvalue weighted by Gasteiger charge is -1.99. The van der Waals surface area contributed by atoms with Crippen LogP contribution in [-0.4, -0.2) is 5.84 Å². The predicted molar refractivity (Wildman–Crippen MR) is 55.1 cm³/mol. The normalized spacial score (nSPS) is 11.7. The van der Waals surface area contributed by atoms with Gasteiger partial charge < -0.3 is 5.73 Å². The van der Waals surface area contributed by atoms with Gasteiger partial charge in [0.25, 0.3) is 0 Å². The van der Waals surface area contributed by atoms with Gasteiger partial charge in [0.2, 0.25) is 0 Å². The molecule has 1 rings (SSSR count). The SMILES string of the molecule is CC(N)=NCc1ccccc1Br. The molecule has 0 aromatic heterocycles. The molecule has 0 aliphatic carbocycles. The highest BCUT2D eigenvalue weighted by molar-refractivity contribution is 9.10. The number of benzene rings is 1. The second kappa shape index (κ2) is 4.26. The van der Waals surface area contributed by atoms with Crippen LogP contribution in [0.3, 0.4) is 0 Å². The maximum absolute atomic E-state index is 5.43. The Morgan fingerprint density at radius 1 is 1.50 bits per heavy atom. The van der Waals surface area contributed by atoms with E-state index in [1.54, 1.807) is 6.92 Å². The lowest BCUT2D eigenvalue weighted by atomic mass is 10.2. The maximum Gasteiger partial charge on any atom is 0.0909 e. The van der Waals surface area contributed by atoms with Crippen LogP contribution in [0.1, 0.15) is 12.5 Å². The molecule has 0 saturated heterocycles. The molecular weight excluding hydrogens is 216 g/mol. The molecule has 64 valence electrons. The average Bonchev–Trinajstić information content (AvgIpc) is 2.03. The second-order valence-corrected chi connectivity index (χ2v) is 3.40. The molecule has 12 heavy (non-hydrogen) atoms. The average molecular weight is 227 g/mol. The molecule has 0 radical (unpaired) electrons. The second-order valence-electron chi connectivity index (χ2n) is 2.55. The van der Waals surface area contributed by atoms with E-state index in [4.69, 9.17) is 5.73 Å². The van der Waals surface area contributed by atoms with Gasteiger partial charge in [-0.25, -0.2) is 0 Å².